The van der Waals surface area contributed by atoms with Gasteiger partial charge in [0.15, 0.2) is 0 Å². The van der Waals surface area contributed by atoms with Crippen molar-refractivity contribution in [2.75, 3.05) is 5.32 Å². The number of benzene rings is 1. The maximum absolute atomic E-state index is 4.26. The molecule has 2 aromatic heterocycles. The third kappa shape index (κ3) is 2.91. The molecular formula is C16H17N3S. The van der Waals surface area contributed by atoms with Crippen LogP contribution in [0.2, 0.25) is 0 Å². The van der Waals surface area contributed by atoms with Gasteiger partial charge in [0.1, 0.15) is 0 Å². The molecule has 0 spiro atoms. The zero-order chi connectivity index (χ0) is 13.8. The molecule has 0 radical (unpaired) electrons. The quantitative estimate of drug-likeness (QED) is 0.759. The Balaban J connectivity index is 1.65. The zero-order valence-electron chi connectivity index (χ0n) is 11.4. The van der Waals surface area contributed by atoms with Gasteiger partial charge < -0.3 is 5.32 Å². The van der Waals surface area contributed by atoms with Gasteiger partial charge in [-0.1, -0.05) is 30.3 Å². The van der Waals surface area contributed by atoms with Crippen molar-refractivity contribution in [3.8, 4) is 10.4 Å². The molecule has 0 bridgehead atoms. The van der Waals surface area contributed by atoms with Crippen molar-refractivity contribution >= 4 is 17.0 Å². The lowest BCUT2D eigenvalue weighted by Crippen LogP contribution is -1.96. The van der Waals surface area contributed by atoms with Crippen LogP contribution < -0.4 is 5.32 Å². The molecule has 0 atom stereocenters. The Hall–Kier alpha value is -2.07. The van der Waals surface area contributed by atoms with Crippen molar-refractivity contribution in [1.29, 1.82) is 0 Å². The number of nitrogens with zero attached hydrogens (tertiary/aromatic N) is 2. The van der Waals surface area contributed by atoms with Crippen LogP contribution in [0.4, 0.5) is 5.69 Å². The van der Waals surface area contributed by atoms with Crippen LogP contribution >= 0.6 is 11.3 Å². The second-order valence-corrected chi connectivity index (χ2v) is 5.74. The van der Waals surface area contributed by atoms with Crippen LogP contribution in [0.25, 0.3) is 10.4 Å². The summed E-state index contributed by atoms with van der Waals surface area (Å²) in [6.07, 6.45) is 3.90. The van der Waals surface area contributed by atoms with Gasteiger partial charge in [-0.2, -0.15) is 5.10 Å². The molecule has 3 aromatic rings. The van der Waals surface area contributed by atoms with Crippen molar-refractivity contribution in [3.05, 3.63) is 59.7 Å². The highest BCUT2D eigenvalue weighted by Crippen LogP contribution is 2.28. The number of rotatable bonds is 5. The van der Waals surface area contributed by atoms with Gasteiger partial charge in [-0.15, -0.1) is 11.3 Å². The molecule has 3 rings (SSSR count). The van der Waals surface area contributed by atoms with Crippen molar-refractivity contribution in [2.24, 2.45) is 0 Å². The Kier molecular flexibility index (Phi) is 3.83. The van der Waals surface area contributed by atoms with Crippen molar-refractivity contribution in [2.45, 2.75) is 20.0 Å². The normalized spacial score (nSPS) is 10.7. The molecule has 4 heteroatoms. The van der Waals surface area contributed by atoms with E-state index in [2.05, 4.69) is 53.7 Å². The maximum Gasteiger partial charge on any atom is 0.0729 e. The minimum atomic E-state index is 0.840. The van der Waals surface area contributed by atoms with Crippen LogP contribution in [0.1, 0.15) is 11.8 Å². The van der Waals surface area contributed by atoms with Crippen LogP contribution in [0, 0.1) is 0 Å². The number of nitrogens with one attached hydrogen (secondary N) is 1. The summed E-state index contributed by atoms with van der Waals surface area (Å²) >= 11 is 1.83. The van der Waals surface area contributed by atoms with E-state index >= 15 is 0 Å². The van der Waals surface area contributed by atoms with Crippen LogP contribution in [0.3, 0.4) is 0 Å². The number of hydrogen-bond acceptors (Lipinski definition) is 3. The first-order chi connectivity index (χ1) is 9.85. The Morgan fingerprint density at radius 3 is 2.75 bits per heavy atom. The second-order valence-electron chi connectivity index (χ2n) is 4.57. The molecule has 0 saturated carbocycles. The van der Waals surface area contributed by atoms with E-state index in [1.807, 2.05) is 34.5 Å². The molecule has 1 aromatic carbocycles. The van der Waals surface area contributed by atoms with Crippen LogP contribution in [-0.4, -0.2) is 9.78 Å². The first-order valence-corrected chi connectivity index (χ1v) is 7.57. The second kappa shape index (κ2) is 5.92. The summed E-state index contributed by atoms with van der Waals surface area (Å²) in [5.41, 5.74) is 2.35. The van der Waals surface area contributed by atoms with Gasteiger partial charge in [0.05, 0.1) is 11.9 Å². The topological polar surface area (TPSA) is 29.9 Å². The van der Waals surface area contributed by atoms with E-state index in [1.54, 1.807) is 0 Å². The number of aryl methyl sites for hydroxylation is 1. The number of hydrogen-bond donors (Lipinski definition) is 1. The molecule has 0 aliphatic heterocycles. The summed E-state index contributed by atoms with van der Waals surface area (Å²) in [6.45, 7) is 3.83. The first kappa shape index (κ1) is 12.9. The highest BCUT2D eigenvalue weighted by Gasteiger charge is 2.03. The van der Waals surface area contributed by atoms with Crippen molar-refractivity contribution in [3.63, 3.8) is 0 Å². The summed E-state index contributed by atoms with van der Waals surface area (Å²) < 4.78 is 1.92. The average molecular weight is 283 g/mol. The summed E-state index contributed by atoms with van der Waals surface area (Å²) in [7, 11) is 0. The Morgan fingerprint density at radius 1 is 1.15 bits per heavy atom. The molecule has 20 heavy (non-hydrogen) atoms. The number of anilines is 1. The Morgan fingerprint density at radius 2 is 2.00 bits per heavy atom. The summed E-state index contributed by atoms with van der Waals surface area (Å²) in [5, 5.41) is 7.66. The fourth-order valence-corrected chi connectivity index (χ4v) is 3.00. The minimum Gasteiger partial charge on any atom is -0.378 e. The highest BCUT2D eigenvalue weighted by atomic mass is 32.1. The number of aromatic nitrogens is 2. The molecule has 0 aliphatic carbocycles. The molecule has 0 saturated heterocycles. The van der Waals surface area contributed by atoms with Gasteiger partial charge in [0.25, 0.3) is 0 Å². The Labute approximate surface area is 122 Å². The first-order valence-electron chi connectivity index (χ1n) is 6.75. The van der Waals surface area contributed by atoms with Gasteiger partial charge in [-0.25, -0.2) is 0 Å². The molecule has 0 fully saturated rings. The van der Waals surface area contributed by atoms with E-state index in [0.717, 1.165) is 18.8 Å². The van der Waals surface area contributed by atoms with Crippen LogP contribution in [0.15, 0.2) is 54.9 Å². The van der Waals surface area contributed by atoms with Gasteiger partial charge >= 0.3 is 0 Å². The van der Waals surface area contributed by atoms with E-state index in [-0.39, 0.29) is 0 Å². The summed E-state index contributed by atoms with van der Waals surface area (Å²) in [6, 6.07) is 14.9. The van der Waals surface area contributed by atoms with E-state index in [1.165, 1.54) is 15.3 Å². The van der Waals surface area contributed by atoms with Gasteiger partial charge in [0.2, 0.25) is 0 Å². The fourth-order valence-electron chi connectivity index (χ4n) is 2.05. The molecule has 2 heterocycles. The average Bonchev–Trinajstić information content (AvgIpc) is 3.15. The predicted octanol–water partition coefficient (Wildman–Crippen LogP) is 4.24. The lowest BCUT2D eigenvalue weighted by Gasteiger charge is -2.00. The Bertz CT molecular complexity index is 670. The minimum absolute atomic E-state index is 0.840. The standard InChI is InChI=1S/C16H17N3S/c1-2-19-12-14(10-18-19)17-11-15-8-9-16(20-15)13-6-4-3-5-7-13/h3-10,12,17H,2,11H2,1H3. The van der Waals surface area contributed by atoms with Crippen molar-refractivity contribution < 1.29 is 0 Å². The molecular weight excluding hydrogens is 266 g/mol. The predicted molar refractivity (Wildman–Crippen MR) is 85.0 cm³/mol. The molecule has 3 nitrogen and oxygen atoms in total. The van der Waals surface area contributed by atoms with E-state index in [4.69, 9.17) is 0 Å². The summed E-state index contributed by atoms with van der Waals surface area (Å²) in [5.74, 6) is 0. The lowest BCUT2D eigenvalue weighted by molar-refractivity contribution is 0.660. The molecule has 0 amide bonds. The van der Waals surface area contributed by atoms with Gasteiger partial charge in [-0.3, -0.25) is 4.68 Å². The maximum atomic E-state index is 4.26. The van der Waals surface area contributed by atoms with Crippen LogP contribution in [-0.2, 0) is 13.1 Å². The van der Waals surface area contributed by atoms with E-state index in [9.17, 15) is 0 Å². The number of thiophene rings is 1. The van der Waals surface area contributed by atoms with E-state index < -0.39 is 0 Å². The fraction of sp³-hybridized carbons (Fsp3) is 0.188. The largest absolute Gasteiger partial charge is 0.378 e. The van der Waals surface area contributed by atoms with Gasteiger partial charge in [-0.05, 0) is 24.6 Å². The third-order valence-corrected chi connectivity index (χ3v) is 4.28. The monoisotopic (exact) mass is 283 g/mol. The molecule has 0 unspecified atom stereocenters. The molecule has 0 aliphatic rings. The third-order valence-electron chi connectivity index (χ3n) is 3.14. The molecule has 1 N–H and O–H groups in total. The van der Waals surface area contributed by atoms with Gasteiger partial charge in [0, 0.05) is 29.0 Å². The lowest BCUT2D eigenvalue weighted by atomic mass is 10.2. The zero-order valence-corrected chi connectivity index (χ0v) is 12.2. The summed E-state index contributed by atoms with van der Waals surface area (Å²) in [4.78, 5) is 2.64. The van der Waals surface area contributed by atoms with Crippen LogP contribution in [0.5, 0.6) is 0 Å². The smallest absolute Gasteiger partial charge is 0.0729 e. The molecule has 102 valence electrons. The highest BCUT2D eigenvalue weighted by molar-refractivity contribution is 7.15. The SMILES string of the molecule is CCn1cc(NCc2ccc(-c3ccccc3)s2)cn1. The van der Waals surface area contributed by atoms with E-state index in [0.29, 0.717) is 0 Å². The van der Waals surface area contributed by atoms with Crippen molar-refractivity contribution in [1.82, 2.24) is 9.78 Å².